The molecule has 134 valence electrons. The molecule has 0 saturated carbocycles. The molecular weight excluding hydrogens is 436 g/mol. The molecule has 2 aromatic carbocycles. The van der Waals surface area contributed by atoms with Crippen LogP contribution in [0.5, 0.6) is 5.75 Å². The lowest BCUT2D eigenvalue weighted by Crippen LogP contribution is -2.48. The van der Waals surface area contributed by atoms with Crippen LogP contribution in [0.1, 0.15) is 18.1 Å². The number of benzene rings is 2. The van der Waals surface area contributed by atoms with Crippen LogP contribution in [-0.2, 0) is 22.6 Å². The number of halogens is 2. The molecule has 0 heterocycles. The number of carbonyl (C=O) groups excluding carboxylic acids is 1. The van der Waals surface area contributed by atoms with Gasteiger partial charge in [-0.3, -0.25) is 4.79 Å². The molecule has 0 aromatic heterocycles. The van der Waals surface area contributed by atoms with Crippen molar-refractivity contribution in [3.8, 4) is 5.75 Å². The molecule has 2 N–H and O–H groups in total. The van der Waals surface area contributed by atoms with Gasteiger partial charge in [0.2, 0.25) is 0 Å². The first kappa shape index (κ1) is 19.7. The molecule has 2 aromatic rings. The summed E-state index contributed by atoms with van der Waals surface area (Å²) < 4.78 is 23.9. The Bertz CT molecular complexity index is 707. The Labute approximate surface area is 160 Å². The standard InChI is InChI=1S/C19H21FINO3/c1-19(22,18(23)25-13-14-5-3-2-4-6-14)12-15-11-16(24-10-9-20)7-8-17(15)21/h2-8,11H,9-10,12-13,22H2,1H3. The van der Waals surface area contributed by atoms with Gasteiger partial charge in [-0.25, -0.2) is 4.39 Å². The third kappa shape index (κ3) is 5.97. The van der Waals surface area contributed by atoms with Crippen molar-refractivity contribution in [2.45, 2.75) is 25.5 Å². The first-order valence-corrected chi connectivity index (χ1v) is 8.97. The predicted octanol–water partition coefficient (Wildman–Crippen LogP) is 3.64. The SMILES string of the molecule is CC(N)(Cc1cc(OCCF)ccc1I)C(=O)OCc1ccccc1. The average molecular weight is 457 g/mol. The summed E-state index contributed by atoms with van der Waals surface area (Å²) in [6.45, 7) is 1.27. The zero-order chi connectivity index (χ0) is 18.3. The highest BCUT2D eigenvalue weighted by atomic mass is 127. The highest BCUT2D eigenvalue weighted by Crippen LogP contribution is 2.24. The van der Waals surface area contributed by atoms with Gasteiger partial charge in [0.25, 0.3) is 0 Å². The number of esters is 1. The van der Waals surface area contributed by atoms with E-state index in [4.69, 9.17) is 15.2 Å². The van der Waals surface area contributed by atoms with Gasteiger partial charge in [-0.1, -0.05) is 30.3 Å². The van der Waals surface area contributed by atoms with Crippen LogP contribution >= 0.6 is 22.6 Å². The quantitative estimate of drug-likeness (QED) is 0.486. The van der Waals surface area contributed by atoms with E-state index in [1.165, 1.54) is 0 Å². The largest absolute Gasteiger partial charge is 0.491 e. The minimum atomic E-state index is -1.17. The van der Waals surface area contributed by atoms with Crippen LogP contribution in [-0.4, -0.2) is 24.8 Å². The fourth-order valence-electron chi connectivity index (χ4n) is 2.29. The van der Waals surface area contributed by atoms with Crippen LogP contribution in [0.2, 0.25) is 0 Å². The number of ether oxygens (including phenoxy) is 2. The molecule has 1 unspecified atom stereocenters. The fraction of sp³-hybridized carbons (Fsp3) is 0.316. The first-order valence-electron chi connectivity index (χ1n) is 7.89. The highest BCUT2D eigenvalue weighted by molar-refractivity contribution is 14.1. The van der Waals surface area contributed by atoms with E-state index < -0.39 is 18.2 Å². The van der Waals surface area contributed by atoms with Gasteiger partial charge in [0.15, 0.2) is 0 Å². The van der Waals surface area contributed by atoms with Crippen molar-refractivity contribution in [2.24, 2.45) is 5.73 Å². The average Bonchev–Trinajstić information content (AvgIpc) is 2.61. The second-order valence-corrected chi connectivity index (χ2v) is 7.11. The van der Waals surface area contributed by atoms with Crippen LogP contribution in [0, 0.1) is 3.57 Å². The number of nitrogens with two attached hydrogens (primary N) is 1. The van der Waals surface area contributed by atoms with Gasteiger partial charge >= 0.3 is 5.97 Å². The van der Waals surface area contributed by atoms with Crippen molar-refractivity contribution in [3.63, 3.8) is 0 Å². The minimum absolute atomic E-state index is 0.000950. The second-order valence-electron chi connectivity index (χ2n) is 5.95. The molecule has 0 spiro atoms. The van der Waals surface area contributed by atoms with E-state index in [0.29, 0.717) is 12.2 Å². The second kappa shape index (κ2) is 9.15. The van der Waals surface area contributed by atoms with Crippen molar-refractivity contribution in [3.05, 3.63) is 63.2 Å². The van der Waals surface area contributed by atoms with Gasteiger partial charge in [-0.15, -0.1) is 0 Å². The third-order valence-electron chi connectivity index (χ3n) is 3.60. The zero-order valence-electron chi connectivity index (χ0n) is 14.0. The van der Waals surface area contributed by atoms with E-state index in [1.807, 2.05) is 36.4 Å². The highest BCUT2D eigenvalue weighted by Gasteiger charge is 2.31. The lowest BCUT2D eigenvalue weighted by molar-refractivity contribution is -0.150. The Balaban J connectivity index is 2.02. The Morgan fingerprint density at radius 3 is 2.64 bits per heavy atom. The molecule has 0 radical (unpaired) electrons. The molecule has 25 heavy (non-hydrogen) atoms. The first-order chi connectivity index (χ1) is 11.9. The fourth-order valence-corrected chi connectivity index (χ4v) is 2.81. The number of hydrogen-bond donors (Lipinski definition) is 1. The predicted molar refractivity (Wildman–Crippen MR) is 103 cm³/mol. The minimum Gasteiger partial charge on any atom is -0.491 e. The number of rotatable bonds is 8. The van der Waals surface area contributed by atoms with Crippen molar-refractivity contribution in [2.75, 3.05) is 13.3 Å². The molecule has 0 amide bonds. The van der Waals surface area contributed by atoms with E-state index in [0.717, 1.165) is 14.7 Å². The molecule has 2 rings (SSSR count). The van der Waals surface area contributed by atoms with E-state index in [2.05, 4.69) is 22.6 Å². The monoisotopic (exact) mass is 457 g/mol. The summed E-state index contributed by atoms with van der Waals surface area (Å²) in [5.74, 6) is 0.0868. The molecular formula is C19H21FINO3. The molecule has 0 saturated heterocycles. The summed E-state index contributed by atoms with van der Waals surface area (Å²) in [5, 5.41) is 0. The van der Waals surface area contributed by atoms with Gasteiger partial charge in [0, 0.05) is 9.99 Å². The number of hydrogen-bond acceptors (Lipinski definition) is 4. The van der Waals surface area contributed by atoms with Gasteiger partial charge in [0.1, 0.15) is 31.2 Å². The summed E-state index contributed by atoms with van der Waals surface area (Å²) in [6.07, 6.45) is 0.297. The zero-order valence-corrected chi connectivity index (χ0v) is 16.2. The van der Waals surface area contributed by atoms with Crippen LogP contribution < -0.4 is 10.5 Å². The molecule has 0 bridgehead atoms. The maximum atomic E-state index is 12.4. The molecule has 0 aliphatic rings. The van der Waals surface area contributed by atoms with E-state index in [9.17, 15) is 9.18 Å². The molecule has 4 nitrogen and oxygen atoms in total. The van der Waals surface area contributed by atoms with E-state index in [1.54, 1.807) is 19.1 Å². The Morgan fingerprint density at radius 2 is 1.96 bits per heavy atom. The Kier molecular flexibility index (Phi) is 7.19. The van der Waals surface area contributed by atoms with E-state index in [-0.39, 0.29) is 13.2 Å². The van der Waals surface area contributed by atoms with Gasteiger partial charge < -0.3 is 15.2 Å². The molecule has 0 aliphatic carbocycles. The van der Waals surface area contributed by atoms with Crippen molar-refractivity contribution in [1.29, 1.82) is 0 Å². The molecule has 0 aliphatic heterocycles. The lowest BCUT2D eigenvalue weighted by atomic mass is 9.94. The molecule has 0 fully saturated rings. The van der Waals surface area contributed by atoms with Crippen molar-refractivity contribution in [1.82, 2.24) is 0 Å². The van der Waals surface area contributed by atoms with Crippen LogP contribution in [0.15, 0.2) is 48.5 Å². The number of alkyl halides is 1. The lowest BCUT2D eigenvalue weighted by Gasteiger charge is -2.23. The Hall–Kier alpha value is -1.67. The third-order valence-corrected chi connectivity index (χ3v) is 4.65. The van der Waals surface area contributed by atoms with Crippen LogP contribution in [0.25, 0.3) is 0 Å². The van der Waals surface area contributed by atoms with Gasteiger partial charge in [-0.05, 0) is 58.8 Å². The van der Waals surface area contributed by atoms with Crippen LogP contribution in [0.4, 0.5) is 4.39 Å². The maximum absolute atomic E-state index is 12.4. The summed E-state index contributed by atoms with van der Waals surface area (Å²) in [5.41, 5.74) is 6.79. The topological polar surface area (TPSA) is 61.5 Å². The normalized spacial score (nSPS) is 13.1. The van der Waals surface area contributed by atoms with Gasteiger partial charge in [-0.2, -0.15) is 0 Å². The van der Waals surface area contributed by atoms with Crippen LogP contribution in [0.3, 0.4) is 0 Å². The molecule has 1 atom stereocenters. The summed E-state index contributed by atoms with van der Waals surface area (Å²) in [6, 6.07) is 14.8. The molecule has 6 heteroatoms. The van der Waals surface area contributed by atoms with E-state index >= 15 is 0 Å². The smallest absolute Gasteiger partial charge is 0.326 e. The van der Waals surface area contributed by atoms with Gasteiger partial charge in [0.05, 0.1) is 0 Å². The summed E-state index contributed by atoms with van der Waals surface area (Å²) in [4.78, 5) is 12.4. The Morgan fingerprint density at radius 1 is 1.24 bits per heavy atom. The van der Waals surface area contributed by atoms with Crippen molar-refractivity contribution < 1.29 is 18.7 Å². The summed E-state index contributed by atoms with van der Waals surface area (Å²) >= 11 is 2.17. The summed E-state index contributed by atoms with van der Waals surface area (Å²) in [7, 11) is 0. The van der Waals surface area contributed by atoms with Crippen molar-refractivity contribution >= 4 is 28.6 Å². The maximum Gasteiger partial charge on any atom is 0.326 e. The number of carbonyl (C=O) groups is 1.